The normalized spacial score (nSPS) is 14.8. The van der Waals surface area contributed by atoms with Crippen LogP contribution in [0.3, 0.4) is 0 Å². The summed E-state index contributed by atoms with van der Waals surface area (Å²) in [5, 5.41) is 19.3. The molecule has 31 heavy (non-hydrogen) atoms. The first kappa shape index (κ1) is 22.6. The molecule has 2 aromatic carbocycles. The zero-order valence-electron chi connectivity index (χ0n) is 17.9. The fourth-order valence-electron chi connectivity index (χ4n) is 4.07. The SMILES string of the molecule is Cc1c2c(cc3c1N(Cc1ccccc1)CCO3)CCNCC2.O=C(O)CCC(=O)O. The third-order valence-electron chi connectivity index (χ3n) is 5.56. The van der Waals surface area contributed by atoms with Gasteiger partial charge in [0.2, 0.25) is 0 Å². The molecule has 0 atom stereocenters. The Labute approximate surface area is 182 Å². The van der Waals surface area contributed by atoms with Gasteiger partial charge in [0.15, 0.2) is 0 Å². The van der Waals surface area contributed by atoms with E-state index in [0.29, 0.717) is 0 Å². The van der Waals surface area contributed by atoms with Gasteiger partial charge in [0.1, 0.15) is 12.4 Å². The molecule has 0 aromatic heterocycles. The minimum absolute atomic E-state index is 0.296. The van der Waals surface area contributed by atoms with Crippen LogP contribution in [0.25, 0.3) is 0 Å². The number of rotatable bonds is 5. The van der Waals surface area contributed by atoms with Crippen LogP contribution in [0.4, 0.5) is 5.69 Å². The van der Waals surface area contributed by atoms with Crippen molar-refractivity contribution in [1.29, 1.82) is 0 Å². The molecule has 0 amide bonds. The minimum atomic E-state index is -1.08. The summed E-state index contributed by atoms with van der Waals surface area (Å²) in [4.78, 5) is 21.8. The van der Waals surface area contributed by atoms with Crippen molar-refractivity contribution in [3.8, 4) is 5.75 Å². The Balaban J connectivity index is 0.000000293. The highest BCUT2D eigenvalue weighted by Gasteiger charge is 2.24. The summed E-state index contributed by atoms with van der Waals surface area (Å²) in [5.74, 6) is -1.08. The van der Waals surface area contributed by atoms with Gasteiger partial charge in [-0.1, -0.05) is 30.3 Å². The van der Waals surface area contributed by atoms with Crippen molar-refractivity contribution in [2.75, 3.05) is 31.1 Å². The van der Waals surface area contributed by atoms with Crippen LogP contribution in [0.15, 0.2) is 36.4 Å². The molecular formula is C24H30N2O5. The first-order valence-electron chi connectivity index (χ1n) is 10.7. The second-order valence-corrected chi connectivity index (χ2v) is 7.78. The van der Waals surface area contributed by atoms with Gasteiger partial charge in [0.05, 0.1) is 25.1 Å². The molecule has 0 bridgehead atoms. The molecule has 4 rings (SSSR count). The van der Waals surface area contributed by atoms with Crippen LogP contribution in [-0.2, 0) is 29.0 Å². The van der Waals surface area contributed by atoms with Gasteiger partial charge in [0.25, 0.3) is 0 Å². The molecule has 0 saturated heterocycles. The third kappa shape index (κ3) is 6.21. The molecule has 0 fully saturated rings. The van der Waals surface area contributed by atoms with Crippen molar-refractivity contribution in [3.05, 3.63) is 58.7 Å². The molecule has 0 spiro atoms. The number of hydrogen-bond acceptors (Lipinski definition) is 5. The number of carboxylic acid groups (broad SMARTS) is 2. The van der Waals surface area contributed by atoms with Crippen molar-refractivity contribution in [2.45, 2.75) is 39.2 Å². The zero-order valence-corrected chi connectivity index (χ0v) is 17.9. The van der Waals surface area contributed by atoms with Crippen LogP contribution >= 0.6 is 0 Å². The van der Waals surface area contributed by atoms with Crippen molar-refractivity contribution >= 4 is 17.6 Å². The molecule has 0 saturated carbocycles. The summed E-state index contributed by atoms with van der Waals surface area (Å²) < 4.78 is 6.02. The number of carbonyl (C=O) groups is 2. The van der Waals surface area contributed by atoms with E-state index < -0.39 is 11.9 Å². The average molecular weight is 427 g/mol. The predicted octanol–water partition coefficient (Wildman–Crippen LogP) is 3.02. The van der Waals surface area contributed by atoms with Crippen molar-refractivity contribution in [3.63, 3.8) is 0 Å². The molecule has 2 aromatic rings. The lowest BCUT2D eigenvalue weighted by Gasteiger charge is -2.34. The number of hydrogen-bond donors (Lipinski definition) is 3. The maximum Gasteiger partial charge on any atom is 0.303 e. The van der Waals surface area contributed by atoms with Gasteiger partial charge in [-0.05, 0) is 61.2 Å². The molecular weight excluding hydrogens is 396 g/mol. The molecule has 2 aliphatic heterocycles. The number of ether oxygens (including phenoxy) is 1. The van der Waals surface area contributed by atoms with E-state index in [2.05, 4.69) is 53.5 Å². The van der Waals surface area contributed by atoms with Crippen LogP contribution in [0, 0.1) is 6.92 Å². The smallest absolute Gasteiger partial charge is 0.303 e. The number of nitrogens with zero attached hydrogens (tertiary/aromatic N) is 1. The van der Waals surface area contributed by atoms with Crippen LogP contribution < -0.4 is 15.0 Å². The van der Waals surface area contributed by atoms with Gasteiger partial charge < -0.3 is 25.2 Å². The number of carboxylic acids is 2. The summed E-state index contributed by atoms with van der Waals surface area (Å²) in [6.07, 6.45) is 1.63. The van der Waals surface area contributed by atoms with E-state index in [0.717, 1.165) is 51.4 Å². The summed E-state index contributed by atoms with van der Waals surface area (Å²) in [7, 11) is 0. The quantitative estimate of drug-likeness (QED) is 0.676. The summed E-state index contributed by atoms with van der Waals surface area (Å²) >= 11 is 0. The maximum atomic E-state index is 9.64. The molecule has 0 aliphatic carbocycles. The third-order valence-corrected chi connectivity index (χ3v) is 5.56. The lowest BCUT2D eigenvalue weighted by molar-refractivity contribution is -0.143. The van der Waals surface area contributed by atoms with Crippen LogP contribution in [0.2, 0.25) is 0 Å². The largest absolute Gasteiger partial charge is 0.490 e. The van der Waals surface area contributed by atoms with E-state index in [9.17, 15) is 9.59 Å². The monoisotopic (exact) mass is 426 g/mol. The molecule has 2 aliphatic rings. The van der Waals surface area contributed by atoms with E-state index in [1.54, 1.807) is 0 Å². The van der Waals surface area contributed by atoms with Gasteiger partial charge >= 0.3 is 11.9 Å². The summed E-state index contributed by atoms with van der Waals surface area (Å²) in [5.41, 5.74) is 7.07. The fraction of sp³-hybridized carbons (Fsp3) is 0.417. The highest BCUT2D eigenvalue weighted by molar-refractivity contribution is 5.75. The Bertz CT molecular complexity index is 900. The van der Waals surface area contributed by atoms with Gasteiger partial charge in [0, 0.05) is 6.54 Å². The summed E-state index contributed by atoms with van der Waals surface area (Å²) in [6.45, 7) is 7.10. The lowest BCUT2D eigenvalue weighted by Crippen LogP contribution is -2.33. The fourth-order valence-corrected chi connectivity index (χ4v) is 4.07. The number of fused-ring (bicyclic) bond motifs is 2. The number of benzene rings is 2. The van der Waals surface area contributed by atoms with Crippen molar-refractivity contribution in [2.24, 2.45) is 0 Å². The average Bonchev–Trinajstić information content (AvgIpc) is 2.99. The Morgan fingerprint density at radius 2 is 1.74 bits per heavy atom. The van der Waals surface area contributed by atoms with Crippen molar-refractivity contribution < 1.29 is 24.5 Å². The van der Waals surface area contributed by atoms with Crippen LogP contribution in [0.1, 0.15) is 35.1 Å². The van der Waals surface area contributed by atoms with Gasteiger partial charge in [-0.15, -0.1) is 0 Å². The maximum absolute atomic E-state index is 9.64. The molecule has 0 unspecified atom stereocenters. The molecule has 2 heterocycles. The molecule has 3 N–H and O–H groups in total. The second-order valence-electron chi connectivity index (χ2n) is 7.78. The highest BCUT2D eigenvalue weighted by Crippen LogP contribution is 2.40. The Hall–Kier alpha value is -3.06. The Morgan fingerprint density at radius 1 is 1.06 bits per heavy atom. The van der Waals surface area contributed by atoms with E-state index >= 15 is 0 Å². The van der Waals surface area contributed by atoms with E-state index in [1.165, 1.54) is 27.9 Å². The highest BCUT2D eigenvalue weighted by atomic mass is 16.5. The standard InChI is InChI=1S/C20H24N2O.C4H6O4/c1-15-18-8-10-21-9-7-17(18)13-19-20(15)22(11-12-23-19)14-16-5-3-2-4-6-16;5-3(6)1-2-4(7)8/h2-6,13,21H,7-12,14H2,1H3;1-2H2,(H,5,6)(H,7,8). The number of anilines is 1. The molecule has 7 heteroatoms. The van der Waals surface area contributed by atoms with Gasteiger partial charge in [-0.2, -0.15) is 0 Å². The topological polar surface area (TPSA) is 99.1 Å². The van der Waals surface area contributed by atoms with Crippen molar-refractivity contribution in [1.82, 2.24) is 5.32 Å². The van der Waals surface area contributed by atoms with E-state index in [1.807, 2.05) is 0 Å². The Morgan fingerprint density at radius 3 is 2.42 bits per heavy atom. The minimum Gasteiger partial charge on any atom is -0.490 e. The zero-order chi connectivity index (χ0) is 22.2. The van der Waals surface area contributed by atoms with E-state index in [-0.39, 0.29) is 12.8 Å². The lowest BCUT2D eigenvalue weighted by atomic mass is 9.94. The molecule has 0 radical (unpaired) electrons. The Kier molecular flexibility index (Phi) is 7.89. The molecule has 7 nitrogen and oxygen atoms in total. The van der Waals surface area contributed by atoms with Gasteiger partial charge in [-0.3, -0.25) is 9.59 Å². The first-order valence-corrected chi connectivity index (χ1v) is 10.7. The molecule has 166 valence electrons. The predicted molar refractivity (Wildman–Crippen MR) is 119 cm³/mol. The summed E-state index contributed by atoms with van der Waals surface area (Å²) in [6, 6.07) is 13.0. The number of nitrogens with one attached hydrogen (secondary N) is 1. The van der Waals surface area contributed by atoms with Crippen LogP contribution in [-0.4, -0.2) is 48.4 Å². The second kappa shape index (κ2) is 10.8. The van der Waals surface area contributed by atoms with Gasteiger partial charge in [-0.25, -0.2) is 0 Å². The van der Waals surface area contributed by atoms with E-state index in [4.69, 9.17) is 14.9 Å². The van der Waals surface area contributed by atoms with Crippen LogP contribution in [0.5, 0.6) is 5.75 Å². The number of aliphatic carboxylic acids is 2. The first-order chi connectivity index (χ1) is 15.0.